The van der Waals surface area contributed by atoms with Crippen LogP contribution in [0, 0.1) is 0 Å². The molecule has 208 valence electrons. The van der Waals surface area contributed by atoms with Crippen molar-refractivity contribution in [2.75, 3.05) is 59.3 Å². The van der Waals surface area contributed by atoms with Crippen LogP contribution in [0.5, 0.6) is 5.75 Å². The molecule has 0 unspecified atom stereocenters. The summed E-state index contributed by atoms with van der Waals surface area (Å²) >= 11 is 0. The van der Waals surface area contributed by atoms with E-state index in [9.17, 15) is 9.36 Å². The average Bonchev–Trinajstić information content (AvgIpc) is 2.91. The minimum Gasteiger partial charge on any atom is -0.404 e. The second-order valence-corrected chi connectivity index (χ2v) is 10.0. The molecule has 0 atom stereocenters. The fourth-order valence-corrected chi connectivity index (χ4v) is 4.66. The van der Waals surface area contributed by atoms with Crippen molar-refractivity contribution in [3.05, 3.63) is 78.4 Å². The van der Waals surface area contributed by atoms with E-state index >= 15 is 0 Å². The van der Waals surface area contributed by atoms with Gasteiger partial charge in [0.1, 0.15) is 5.75 Å². The summed E-state index contributed by atoms with van der Waals surface area (Å²) in [4.78, 5) is 40.4. The normalized spacial score (nSPS) is 13.3. The van der Waals surface area contributed by atoms with E-state index in [1.807, 2.05) is 87.7 Å². The van der Waals surface area contributed by atoms with E-state index in [0.717, 1.165) is 27.5 Å². The molecule has 2 heterocycles. The summed E-state index contributed by atoms with van der Waals surface area (Å²) in [5.74, 6) is 0.0806. The van der Waals surface area contributed by atoms with Crippen molar-refractivity contribution >= 4 is 41.2 Å². The van der Waals surface area contributed by atoms with Crippen LogP contribution >= 0.6 is 7.82 Å². The maximum atomic E-state index is 13.7. The van der Waals surface area contributed by atoms with Crippen LogP contribution in [-0.2, 0) is 4.57 Å². The predicted molar refractivity (Wildman–Crippen MR) is 156 cm³/mol. The summed E-state index contributed by atoms with van der Waals surface area (Å²) in [7, 11) is 2.88. The zero-order chi connectivity index (χ0) is 28.4. The number of amides is 1. The van der Waals surface area contributed by atoms with Crippen molar-refractivity contribution in [1.29, 1.82) is 0 Å². The maximum Gasteiger partial charge on any atom is 0.524 e. The Hall–Kier alpha value is -3.53. The van der Waals surface area contributed by atoms with Gasteiger partial charge >= 0.3 is 7.82 Å². The highest BCUT2D eigenvalue weighted by atomic mass is 31.2. The molecule has 3 aromatic carbocycles. The van der Waals surface area contributed by atoms with Gasteiger partial charge in [0, 0.05) is 48.7 Å². The fraction of sp³-hybridized carbons (Fsp3) is 0.286. The lowest BCUT2D eigenvalue weighted by molar-refractivity contribution is 0.0750. The Labute approximate surface area is 228 Å². The number of anilines is 1. The summed E-state index contributed by atoms with van der Waals surface area (Å²) in [6, 6.07) is 22.0. The number of rotatable bonds is 4. The Morgan fingerprint density at radius 3 is 1.85 bits per heavy atom. The molecule has 0 radical (unpaired) electrons. The summed E-state index contributed by atoms with van der Waals surface area (Å²) < 4.78 is 15.8. The highest BCUT2D eigenvalue weighted by Gasteiger charge is 2.26. The van der Waals surface area contributed by atoms with Gasteiger partial charge in [0.15, 0.2) is 0 Å². The van der Waals surface area contributed by atoms with Crippen LogP contribution < -0.4 is 20.1 Å². The summed E-state index contributed by atoms with van der Waals surface area (Å²) in [6.45, 7) is 2.22. The molecule has 4 aromatic rings. The Balaban J connectivity index is 0.000000643. The van der Waals surface area contributed by atoms with Crippen LogP contribution in [0.15, 0.2) is 72.8 Å². The molecule has 5 rings (SSSR count). The first kappa shape index (κ1) is 30.0. The van der Waals surface area contributed by atoms with Crippen molar-refractivity contribution in [3.8, 4) is 5.75 Å². The van der Waals surface area contributed by atoms with Gasteiger partial charge in [0.25, 0.3) is 5.91 Å². The quantitative estimate of drug-likeness (QED) is 0.222. The predicted octanol–water partition coefficient (Wildman–Crippen LogP) is 3.49. The van der Waals surface area contributed by atoms with Gasteiger partial charge in [-0.15, -0.1) is 0 Å². The largest absolute Gasteiger partial charge is 0.524 e. The van der Waals surface area contributed by atoms with Crippen LogP contribution in [0.2, 0.25) is 0 Å². The number of aromatic nitrogens is 1. The molecule has 1 aliphatic rings. The first-order valence-corrected chi connectivity index (χ1v) is 14.1. The zero-order valence-electron chi connectivity index (χ0n) is 22.7. The van der Waals surface area contributed by atoms with Crippen LogP contribution in [0.3, 0.4) is 0 Å². The van der Waals surface area contributed by atoms with Gasteiger partial charge in [-0.25, -0.2) is 9.55 Å². The molecule has 0 spiro atoms. The Morgan fingerprint density at radius 2 is 1.33 bits per heavy atom. The molecule has 0 saturated carbocycles. The van der Waals surface area contributed by atoms with Gasteiger partial charge < -0.3 is 25.0 Å². The summed E-state index contributed by atoms with van der Waals surface area (Å²) in [5.41, 5.74) is 3.04. The number of hydrogen-bond donors (Lipinski definition) is 4. The zero-order valence-corrected chi connectivity index (χ0v) is 23.6. The number of benzene rings is 3. The molecular formula is C28H36N5O5P. The van der Waals surface area contributed by atoms with E-state index in [1.165, 1.54) is 6.07 Å². The molecule has 10 nitrogen and oxygen atoms in total. The third kappa shape index (κ3) is 7.98. The number of carbonyl (C=O) groups excluding carboxylic acids is 1. The van der Waals surface area contributed by atoms with Gasteiger partial charge in [0.05, 0.1) is 16.6 Å². The van der Waals surface area contributed by atoms with Crippen molar-refractivity contribution in [1.82, 2.24) is 20.5 Å². The number of piperazine rings is 1. The average molecular weight is 554 g/mol. The molecule has 1 fully saturated rings. The van der Waals surface area contributed by atoms with E-state index < -0.39 is 7.82 Å². The summed E-state index contributed by atoms with van der Waals surface area (Å²) in [5, 5.41) is 7.18. The van der Waals surface area contributed by atoms with Crippen molar-refractivity contribution in [2.24, 2.45) is 0 Å². The highest BCUT2D eigenvalue weighted by Crippen LogP contribution is 2.38. The lowest BCUT2D eigenvalue weighted by Gasteiger charge is -2.36. The number of phosphoric acid groups is 1. The third-order valence-corrected chi connectivity index (χ3v) is 6.22. The van der Waals surface area contributed by atoms with E-state index in [2.05, 4.69) is 15.5 Å². The molecule has 1 amide bonds. The third-order valence-electron chi connectivity index (χ3n) is 5.78. The van der Waals surface area contributed by atoms with Gasteiger partial charge in [-0.1, -0.05) is 42.5 Å². The van der Waals surface area contributed by atoms with Gasteiger partial charge in [-0.2, -0.15) is 0 Å². The second-order valence-electron chi connectivity index (χ2n) is 8.88. The number of fused-ring (bicyclic) bond motifs is 2. The monoisotopic (exact) mass is 553 g/mol. The molecule has 39 heavy (non-hydrogen) atoms. The number of nitrogens with zero attached hydrogens (tertiary/aromatic N) is 3. The Kier molecular flexibility index (Phi) is 10.8. The van der Waals surface area contributed by atoms with Crippen LogP contribution in [0.4, 0.5) is 5.69 Å². The fourth-order valence-electron chi connectivity index (χ4n) is 4.27. The SMILES string of the molecule is CNC.CNC.O=C(c1c2ccccc2nc2ccccc12)N1CCN(c2cccc(OP(=O)(O)O)c2)CC1. The molecular weight excluding hydrogens is 517 g/mol. The molecule has 11 heteroatoms. The maximum absolute atomic E-state index is 13.7. The number of pyridine rings is 1. The number of carbonyl (C=O) groups is 1. The Morgan fingerprint density at radius 1 is 0.821 bits per heavy atom. The summed E-state index contributed by atoms with van der Waals surface area (Å²) in [6.07, 6.45) is 0. The molecule has 1 saturated heterocycles. The topological polar surface area (TPSA) is 127 Å². The van der Waals surface area contributed by atoms with E-state index in [1.54, 1.807) is 12.1 Å². The Bertz CT molecular complexity index is 1380. The molecule has 1 aromatic heterocycles. The number of phosphoric ester groups is 1. The lowest BCUT2D eigenvalue weighted by atomic mass is 10.0. The minimum absolute atomic E-state index is 0.0250. The minimum atomic E-state index is -4.62. The standard InChI is InChI=1S/C24H22N3O5P.2C2H7N/c28-24(23-19-8-1-3-10-21(19)25-22-11-4-2-9-20(22)23)27-14-12-26(13-15-27)17-6-5-7-18(16-17)32-33(29,30)31;2*1-3-2/h1-11,16H,12-15H2,(H2,29,30,31);2*3H,1-2H3. The number of hydrogen-bond acceptors (Lipinski definition) is 7. The number of nitrogens with one attached hydrogen (secondary N) is 2. The lowest BCUT2D eigenvalue weighted by Crippen LogP contribution is -2.48. The van der Waals surface area contributed by atoms with E-state index in [-0.39, 0.29) is 11.7 Å². The molecule has 0 bridgehead atoms. The first-order chi connectivity index (χ1) is 18.7. The smallest absolute Gasteiger partial charge is 0.404 e. The molecule has 0 aliphatic carbocycles. The van der Waals surface area contributed by atoms with E-state index in [0.29, 0.717) is 31.7 Å². The van der Waals surface area contributed by atoms with Gasteiger partial charge in [-0.05, 0) is 52.5 Å². The highest BCUT2D eigenvalue weighted by molar-refractivity contribution is 7.46. The van der Waals surface area contributed by atoms with Crippen LogP contribution in [0.1, 0.15) is 10.4 Å². The van der Waals surface area contributed by atoms with Gasteiger partial charge in [-0.3, -0.25) is 14.6 Å². The second kappa shape index (κ2) is 14.0. The molecule has 4 N–H and O–H groups in total. The van der Waals surface area contributed by atoms with Gasteiger partial charge in [0.2, 0.25) is 0 Å². The van der Waals surface area contributed by atoms with Crippen molar-refractivity contribution in [3.63, 3.8) is 0 Å². The molecule has 1 aliphatic heterocycles. The van der Waals surface area contributed by atoms with Crippen molar-refractivity contribution < 1.29 is 23.7 Å². The van der Waals surface area contributed by atoms with Crippen molar-refractivity contribution in [2.45, 2.75) is 0 Å². The first-order valence-electron chi connectivity index (χ1n) is 12.6. The van der Waals surface area contributed by atoms with Crippen LogP contribution in [-0.4, -0.2) is 79.9 Å². The van der Waals surface area contributed by atoms with Crippen LogP contribution in [0.25, 0.3) is 21.8 Å². The van der Waals surface area contributed by atoms with E-state index in [4.69, 9.17) is 19.3 Å². The number of para-hydroxylation sites is 2.